The van der Waals surface area contributed by atoms with Crippen LogP contribution in [0.3, 0.4) is 0 Å². The minimum atomic E-state index is -0.929. The molecule has 1 heterocycles. The number of carboxylic acid groups (broad SMARTS) is 1. The summed E-state index contributed by atoms with van der Waals surface area (Å²) < 4.78 is 1.97. The van der Waals surface area contributed by atoms with E-state index in [1.54, 1.807) is 24.3 Å². The van der Waals surface area contributed by atoms with E-state index in [2.05, 4.69) is 23.2 Å². The number of carbonyl (C=O) groups is 1. The van der Waals surface area contributed by atoms with Crippen LogP contribution in [-0.4, -0.2) is 21.9 Å². The minimum absolute atomic E-state index is 0.270. The van der Waals surface area contributed by atoms with Gasteiger partial charge in [-0.05, 0) is 47.9 Å². The number of aromatic nitrogens is 1. The number of nitrogens with zero attached hydrogens (tertiary/aromatic N) is 2. The summed E-state index contributed by atoms with van der Waals surface area (Å²) in [7, 11) is 0. The fraction of sp³-hybridized carbons (Fsp3) is 0. The van der Waals surface area contributed by atoms with Gasteiger partial charge in [0.1, 0.15) is 0 Å². The molecule has 0 fully saturated rings. The van der Waals surface area contributed by atoms with Gasteiger partial charge in [-0.25, -0.2) is 4.79 Å². The molecule has 0 aliphatic carbocycles. The molecular weight excluding hydrogens is 324 g/mol. The summed E-state index contributed by atoms with van der Waals surface area (Å²) in [6.07, 6.45) is 3.76. The summed E-state index contributed by atoms with van der Waals surface area (Å²) in [6.45, 7) is 0. The zero-order valence-corrected chi connectivity index (χ0v) is 13.9. The Morgan fingerprint density at radius 1 is 0.885 bits per heavy atom. The average Bonchev–Trinajstić information content (AvgIpc) is 3.15. The molecule has 4 aromatic rings. The van der Waals surface area contributed by atoms with E-state index in [0.29, 0.717) is 0 Å². The van der Waals surface area contributed by atoms with Gasteiger partial charge in [0.2, 0.25) is 0 Å². The number of benzene rings is 3. The van der Waals surface area contributed by atoms with Gasteiger partial charge < -0.3 is 9.67 Å². The third kappa shape index (κ3) is 3.00. The Kier molecular flexibility index (Phi) is 4.07. The van der Waals surface area contributed by atoms with Crippen LogP contribution in [0.25, 0.3) is 16.5 Å². The van der Waals surface area contributed by atoms with Crippen molar-refractivity contribution in [1.82, 2.24) is 4.57 Å². The molecule has 4 nitrogen and oxygen atoms in total. The van der Waals surface area contributed by atoms with Gasteiger partial charge in [-0.2, -0.15) is 0 Å². The maximum absolute atomic E-state index is 11.0. The van der Waals surface area contributed by atoms with E-state index in [4.69, 9.17) is 5.11 Å². The molecule has 0 bridgehead atoms. The molecule has 0 aliphatic heterocycles. The highest BCUT2D eigenvalue weighted by Crippen LogP contribution is 2.25. The van der Waals surface area contributed by atoms with Crippen molar-refractivity contribution in [2.75, 3.05) is 0 Å². The normalized spacial score (nSPS) is 11.2. The van der Waals surface area contributed by atoms with E-state index in [0.717, 1.165) is 27.8 Å². The van der Waals surface area contributed by atoms with Crippen molar-refractivity contribution in [1.29, 1.82) is 0 Å². The molecule has 26 heavy (non-hydrogen) atoms. The molecule has 4 heteroatoms. The van der Waals surface area contributed by atoms with Crippen LogP contribution in [0, 0.1) is 0 Å². The van der Waals surface area contributed by atoms with E-state index in [9.17, 15) is 4.79 Å². The first-order valence-electron chi connectivity index (χ1n) is 8.25. The SMILES string of the molecule is O=C(O)c1ccc(-n2cccc2C=Nc2cccc3ccccc23)cc1. The van der Waals surface area contributed by atoms with E-state index in [1.807, 2.05) is 53.4 Å². The van der Waals surface area contributed by atoms with Crippen molar-refractivity contribution in [3.63, 3.8) is 0 Å². The Balaban J connectivity index is 1.69. The Morgan fingerprint density at radius 2 is 1.65 bits per heavy atom. The first-order valence-corrected chi connectivity index (χ1v) is 8.25. The maximum Gasteiger partial charge on any atom is 0.335 e. The Hall–Kier alpha value is -3.66. The number of hydrogen-bond acceptors (Lipinski definition) is 2. The summed E-state index contributed by atoms with van der Waals surface area (Å²) >= 11 is 0. The van der Waals surface area contributed by atoms with E-state index in [1.165, 1.54) is 0 Å². The van der Waals surface area contributed by atoms with Crippen LogP contribution in [0.15, 0.2) is 90.1 Å². The van der Waals surface area contributed by atoms with Gasteiger partial charge in [0.15, 0.2) is 0 Å². The second-order valence-electron chi connectivity index (χ2n) is 5.91. The van der Waals surface area contributed by atoms with Crippen LogP contribution in [0.4, 0.5) is 5.69 Å². The van der Waals surface area contributed by atoms with Crippen LogP contribution in [-0.2, 0) is 0 Å². The zero-order valence-electron chi connectivity index (χ0n) is 13.9. The second kappa shape index (κ2) is 6.69. The molecular formula is C22H16N2O2. The number of fused-ring (bicyclic) bond motifs is 1. The van der Waals surface area contributed by atoms with Crippen molar-refractivity contribution >= 4 is 28.6 Å². The summed E-state index contributed by atoms with van der Waals surface area (Å²) in [5.74, 6) is -0.929. The predicted molar refractivity (Wildman–Crippen MR) is 104 cm³/mol. The van der Waals surface area contributed by atoms with Gasteiger partial charge >= 0.3 is 5.97 Å². The molecule has 4 rings (SSSR count). The lowest BCUT2D eigenvalue weighted by atomic mass is 10.1. The predicted octanol–water partition coefficient (Wildman–Crippen LogP) is 5.08. The molecule has 126 valence electrons. The number of rotatable bonds is 4. The third-order valence-electron chi connectivity index (χ3n) is 4.28. The fourth-order valence-electron chi connectivity index (χ4n) is 2.96. The first-order chi connectivity index (χ1) is 12.7. The zero-order chi connectivity index (χ0) is 17.9. The number of carboxylic acids is 1. The average molecular weight is 340 g/mol. The first kappa shape index (κ1) is 15.8. The lowest BCUT2D eigenvalue weighted by Gasteiger charge is -2.07. The minimum Gasteiger partial charge on any atom is -0.478 e. The topological polar surface area (TPSA) is 54.6 Å². The van der Waals surface area contributed by atoms with Gasteiger partial charge in [0, 0.05) is 17.3 Å². The number of aromatic carboxylic acids is 1. The van der Waals surface area contributed by atoms with Crippen LogP contribution < -0.4 is 0 Å². The van der Waals surface area contributed by atoms with Gasteiger partial charge in [0.25, 0.3) is 0 Å². The van der Waals surface area contributed by atoms with Crippen molar-refractivity contribution in [3.05, 3.63) is 96.3 Å². The summed E-state index contributed by atoms with van der Waals surface area (Å²) in [5.41, 5.74) is 2.99. The molecule has 0 radical (unpaired) electrons. The van der Waals surface area contributed by atoms with Gasteiger partial charge in [-0.15, -0.1) is 0 Å². The third-order valence-corrected chi connectivity index (χ3v) is 4.28. The van der Waals surface area contributed by atoms with Gasteiger partial charge in [-0.3, -0.25) is 4.99 Å². The molecule has 0 spiro atoms. The maximum atomic E-state index is 11.0. The highest BCUT2D eigenvalue weighted by atomic mass is 16.4. The monoisotopic (exact) mass is 340 g/mol. The van der Waals surface area contributed by atoms with Crippen LogP contribution in [0.1, 0.15) is 16.1 Å². The highest BCUT2D eigenvalue weighted by Gasteiger charge is 2.05. The quantitative estimate of drug-likeness (QED) is 0.527. The molecule has 0 atom stereocenters. The van der Waals surface area contributed by atoms with Crippen molar-refractivity contribution in [3.8, 4) is 5.69 Å². The molecule has 0 amide bonds. The summed E-state index contributed by atoms with van der Waals surface area (Å²) in [5, 5.41) is 11.3. The number of aliphatic imine (C=N–C) groups is 1. The van der Waals surface area contributed by atoms with Crippen molar-refractivity contribution < 1.29 is 9.90 Å². The van der Waals surface area contributed by atoms with E-state index >= 15 is 0 Å². The molecule has 0 saturated carbocycles. The van der Waals surface area contributed by atoms with Crippen molar-refractivity contribution in [2.24, 2.45) is 4.99 Å². The van der Waals surface area contributed by atoms with Crippen LogP contribution >= 0.6 is 0 Å². The molecule has 1 aromatic heterocycles. The van der Waals surface area contributed by atoms with Crippen LogP contribution in [0.5, 0.6) is 0 Å². The largest absolute Gasteiger partial charge is 0.478 e. The van der Waals surface area contributed by atoms with Gasteiger partial charge in [0.05, 0.1) is 23.2 Å². The number of hydrogen-bond donors (Lipinski definition) is 1. The van der Waals surface area contributed by atoms with Gasteiger partial charge in [-0.1, -0.05) is 36.4 Å². The van der Waals surface area contributed by atoms with E-state index in [-0.39, 0.29) is 5.56 Å². The summed E-state index contributed by atoms with van der Waals surface area (Å²) in [6, 6.07) is 24.9. The Morgan fingerprint density at radius 3 is 2.46 bits per heavy atom. The smallest absolute Gasteiger partial charge is 0.335 e. The molecule has 3 aromatic carbocycles. The van der Waals surface area contributed by atoms with Crippen molar-refractivity contribution in [2.45, 2.75) is 0 Å². The lowest BCUT2D eigenvalue weighted by molar-refractivity contribution is 0.0697. The molecule has 0 aliphatic rings. The second-order valence-corrected chi connectivity index (χ2v) is 5.91. The molecule has 0 saturated heterocycles. The highest BCUT2D eigenvalue weighted by molar-refractivity contribution is 5.95. The Labute approximate surface area is 150 Å². The van der Waals surface area contributed by atoms with Crippen LogP contribution in [0.2, 0.25) is 0 Å². The lowest BCUT2D eigenvalue weighted by Crippen LogP contribution is -2.00. The molecule has 0 unspecified atom stereocenters. The summed E-state index contributed by atoms with van der Waals surface area (Å²) in [4.78, 5) is 15.7. The molecule has 1 N–H and O–H groups in total. The van der Waals surface area contributed by atoms with E-state index < -0.39 is 5.97 Å². The fourth-order valence-corrected chi connectivity index (χ4v) is 2.96. The Bertz CT molecular complexity index is 1100. The standard InChI is InChI=1S/C22H16N2O2/c25-22(26)17-10-12-18(13-11-17)24-14-4-7-19(24)15-23-21-9-3-6-16-5-1-2-8-20(16)21/h1-15H,(H,25,26).